The SMILES string of the molecule is N#Cc1c(-c2ccccc2)[n+]([O-])c2ccc(C3OCCO3)cc2[n+]1[O-]. The van der Waals surface area contributed by atoms with Crippen molar-refractivity contribution in [3.63, 3.8) is 0 Å². The maximum absolute atomic E-state index is 12.8. The van der Waals surface area contributed by atoms with Gasteiger partial charge in [0.25, 0.3) is 11.0 Å². The van der Waals surface area contributed by atoms with Gasteiger partial charge in [0, 0.05) is 17.7 Å². The van der Waals surface area contributed by atoms with Gasteiger partial charge in [-0.3, -0.25) is 0 Å². The monoisotopic (exact) mass is 335 g/mol. The third-order valence-corrected chi connectivity index (χ3v) is 4.11. The predicted molar refractivity (Wildman–Crippen MR) is 86.7 cm³/mol. The smallest absolute Gasteiger partial charge is 0.369 e. The summed E-state index contributed by atoms with van der Waals surface area (Å²) in [5, 5.41) is 35.0. The lowest BCUT2D eigenvalue weighted by molar-refractivity contribution is -0.622. The van der Waals surface area contributed by atoms with Crippen LogP contribution in [0.4, 0.5) is 0 Å². The van der Waals surface area contributed by atoms with Gasteiger partial charge in [-0.05, 0) is 18.2 Å². The summed E-state index contributed by atoms with van der Waals surface area (Å²) >= 11 is 0. The summed E-state index contributed by atoms with van der Waals surface area (Å²) < 4.78 is 12.0. The first-order valence-corrected chi connectivity index (χ1v) is 7.72. The zero-order valence-electron chi connectivity index (χ0n) is 13.1. The van der Waals surface area contributed by atoms with Crippen LogP contribution in [0.5, 0.6) is 0 Å². The van der Waals surface area contributed by atoms with Crippen molar-refractivity contribution in [3.05, 3.63) is 70.2 Å². The number of benzene rings is 2. The lowest BCUT2D eigenvalue weighted by Gasteiger charge is -2.12. The van der Waals surface area contributed by atoms with Crippen LogP contribution in [0.15, 0.2) is 48.5 Å². The molecule has 0 N–H and O–H groups in total. The van der Waals surface area contributed by atoms with Crippen molar-refractivity contribution in [1.82, 2.24) is 0 Å². The van der Waals surface area contributed by atoms with E-state index in [1.165, 1.54) is 6.07 Å². The van der Waals surface area contributed by atoms with Gasteiger partial charge in [0.15, 0.2) is 12.4 Å². The van der Waals surface area contributed by atoms with E-state index in [-0.39, 0.29) is 22.4 Å². The second kappa shape index (κ2) is 6.02. The highest BCUT2D eigenvalue weighted by atomic mass is 16.7. The van der Waals surface area contributed by atoms with Crippen molar-refractivity contribution in [1.29, 1.82) is 5.26 Å². The summed E-state index contributed by atoms with van der Waals surface area (Å²) in [6, 6.07) is 15.3. The summed E-state index contributed by atoms with van der Waals surface area (Å²) in [6.07, 6.45) is -0.566. The predicted octanol–water partition coefficient (Wildman–Crippen LogP) is 1.69. The van der Waals surface area contributed by atoms with Crippen LogP contribution in [0, 0.1) is 21.7 Å². The van der Waals surface area contributed by atoms with E-state index in [0.29, 0.717) is 33.8 Å². The molecule has 0 atom stereocenters. The number of nitrogens with zero attached hydrogens (tertiary/aromatic N) is 3. The number of fused-ring (bicyclic) bond motifs is 1. The molecule has 2 aromatic carbocycles. The van der Waals surface area contributed by atoms with Gasteiger partial charge in [-0.15, -0.1) is 4.73 Å². The van der Waals surface area contributed by atoms with E-state index in [0.717, 1.165) is 0 Å². The average Bonchev–Trinajstić information content (AvgIpc) is 3.19. The van der Waals surface area contributed by atoms with Crippen molar-refractivity contribution in [2.24, 2.45) is 0 Å². The Balaban J connectivity index is 1.99. The molecule has 1 aliphatic rings. The Labute approximate surface area is 143 Å². The molecule has 3 aromatic rings. The molecule has 4 rings (SSSR count). The van der Waals surface area contributed by atoms with E-state index in [2.05, 4.69) is 0 Å². The maximum atomic E-state index is 12.8. The normalized spacial score (nSPS) is 14.7. The van der Waals surface area contributed by atoms with Gasteiger partial charge in [-0.25, -0.2) is 0 Å². The minimum absolute atomic E-state index is 0.0340. The van der Waals surface area contributed by atoms with Crippen molar-refractivity contribution >= 4 is 11.0 Å². The molecule has 0 amide bonds. The Bertz CT molecular complexity index is 993. The van der Waals surface area contributed by atoms with Gasteiger partial charge >= 0.3 is 11.4 Å². The topological polar surface area (TPSA) is 96.1 Å². The number of rotatable bonds is 2. The van der Waals surface area contributed by atoms with Gasteiger partial charge in [-0.1, -0.05) is 18.2 Å². The molecule has 2 heterocycles. The maximum Gasteiger partial charge on any atom is 0.369 e. The Morgan fingerprint density at radius 1 is 0.960 bits per heavy atom. The summed E-state index contributed by atoms with van der Waals surface area (Å²) in [4.78, 5) is 0. The Kier molecular flexibility index (Phi) is 3.69. The number of nitriles is 1. The lowest BCUT2D eigenvalue weighted by atomic mass is 10.1. The molecule has 0 bridgehead atoms. The zero-order valence-corrected chi connectivity index (χ0v) is 13.1. The zero-order chi connectivity index (χ0) is 17.4. The summed E-state index contributed by atoms with van der Waals surface area (Å²) in [5.74, 6) is 0. The first-order chi connectivity index (χ1) is 12.2. The quantitative estimate of drug-likeness (QED) is 0.524. The standard InChI is InChI=1S/C18H13N3O4/c19-11-16-17(12-4-2-1-3-5-12)21(23)14-7-6-13(10-15(14)20(16)22)18-24-8-9-25-18/h1-7,10,18H,8-9H2. The van der Waals surface area contributed by atoms with E-state index in [1.807, 2.05) is 6.07 Å². The molecule has 7 nitrogen and oxygen atoms in total. The van der Waals surface area contributed by atoms with Crippen LogP contribution >= 0.6 is 0 Å². The summed E-state index contributed by atoms with van der Waals surface area (Å²) in [6.45, 7) is 0.941. The van der Waals surface area contributed by atoms with Crippen molar-refractivity contribution in [3.8, 4) is 17.3 Å². The van der Waals surface area contributed by atoms with E-state index in [1.54, 1.807) is 42.5 Å². The molecule has 0 aliphatic carbocycles. The molecule has 0 unspecified atom stereocenters. The highest BCUT2D eigenvalue weighted by molar-refractivity contribution is 5.72. The first kappa shape index (κ1) is 15.3. The number of ether oxygens (including phenoxy) is 2. The highest BCUT2D eigenvalue weighted by Gasteiger charge is 2.30. The second-order valence-corrected chi connectivity index (χ2v) is 5.59. The fourth-order valence-electron chi connectivity index (χ4n) is 2.95. The van der Waals surface area contributed by atoms with Crippen LogP contribution in [-0.4, -0.2) is 13.2 Å². The van der Waals surface area contributed by atoms with Gasteiger partial charge in [-0.2, -0.15) is 9.99 Å². The van der Waals surface area contributed by atoms with Gasteiger partial charge in [0.1, 0.15) is 0 Å². The minimum Gasteiger partial charge on any atom is -0.617 e. The Morgan fingerprint density at radius 3 is 2.36 bits per heavy atom. The minimum atomic E-state index is -0.566. The number of aromatic nitrogens is 2. The fourth-order valence-corrected chi connectivity index (χ4v) is 2.95. The van der Waals surface area contributed by atoms with Crippen LogP contribution in [0.2, 0.25) is 0 Å². The molecule has 7 heteroatoms. The number of hydrogen-bond acceptors (Lipinski definition) is 5. The number of hydrogen-bond donors (Lipinski definition) is 0. The largest absolute Gasteiger partial charge is 0.617 e. The molecule has 1 aliphatic heterocycles. The van der Waals surface area contributed by atoms with Crippen LogP contribution < -0.4 is 9.46 Å². The molecule has 1 fully saturated rings. The average molecular weight is 335 g/mol. The van der Waals surface area contributed by atoms with Crippen molar-refractivity contribution < 1.29 is 18.9 Å². The molecule has 0 spiro atoms. The molecule has 1 saturated heterocycles. The van der Waals surface area contributed by atoms with E-state index in [4.69, 9.17) is 9.47 Å². The third kappa shape index (κ3) is 2.45. The van der Waals surface area contributed by atoms with E-state index >= 15 is 0 Å². The van der Waals surface area contributed by atoms with Crippen LogP contribution in [0.1, 0.15) is 17.5 Å². The summed E-state index contributed by atoms with van der Waals surface area (Å²) in [7, 11) is 0. The van der Waals surface area contributed by atoms with Gasteiger partial charge < -0.3 is 19.9 Å². The Hall–Kier alpha value is -3.21. The summed E-state index contributed by atoms with van der Waals surface area (Å²) in [5.41, 5.74) is 1.20. The molecular formula is C18H13N3O4. The molecule has 25 heavy (non-hydrogen) atoms. The van der Waals surface area contributed by atoms with E-state index < -0.39 is 6.29 Å². The fraction of sp³-hybridized carbons (Fsp3) is 0.167. The van der Waals surface area contributed by atoms with Gasteiger partial charge in [0.05, 0.1) is 18.8 Å². The molecule has 0 radical (unpaired) electrons. The molecule has 1 aromatic heterocycles. The second-order valence-electron chi connectivity index (χ2n) is 5.59. The molecule has 124 valence electrons. The van der Waals surface area contributed by atoms with Crippen molar-refractivity contribution in [2.45, 2.75) is 6.29 Å². The van der Waals surface area contributed by atoms with Gasteiger partial charge in [0.2, 0.25) is 0 Å². The molecule has 0 saturated carbocycles. The highest BCUT2D eigenvalue weighted by Crippen LogP contribution is 2.26. The third-order valence-electron chi connectivity index (χ3n) is 4.11. The van der Waals surface area contributed by atoms with Crippen LogP contribution in [0.25, 0.3) is 22.3 Å². The Morgan fingerprint density at radius 2 is 1.68 bits per heavy atom. The van der Waals surface area contributed by atoms with Crippen LogP contribution in [-0.2, 0) is 9.47 Å². The van der Waals surface area contributed by atoms with Crippen molar-refractivity contribution in [2.75, 3.05) is 13.2 Å². The molecular weight excluding hydrogens is 322 g/mol. The first-order valence-electron chi connectivity index (χ1n) is 7.72. The van der Waals surface area contributed by atoms with E-state index in [9.17, 15) is 15.7 Å². The lowest BCUT2D eigenvalue weighted by Crippen LogP contribution is -2.43. The van der Waals surface area contributed by atoms with Crippen LogP contribution in [0.3, 0.4) is 0 Å².